The molecular formula is C8H14Cl4. The molecule has 0 aromatic rings. The van der Waals surface area contributed by atoms with Gasteiger partial charge >= 0.3 is 0 Å². The van der Waals surface area contributed by atoms with Crippen molar-refractivity contribution in [3.63, 3.8) is 0 Å². The van der Waals surface area contributed by atoms with Gasteiger partial charge in [0, 0.05) is 0 Å². The molecule has 74 valence electrons. The van der Waals surface area contributed by atoms with Crippen molar-refractivity contribution >= 4 is 46.4 Å². The van der Waals surface area contributed by atoms with E-state index in [1.165, 1.54) is 0 Å². The molecule has 0 aromatic carbocycles. The summed E-state index contributed by atoms with van der Waals surface area (Å²) in [5, 5.41) is 0. The lowest BCUT2D eigenvalue weighted by Gasteiger charge is -2.29. The van der Waals surface area contributed by atoms with E-state index in [4.69, 9.17) is 46.4 Å². The number of hydrogen-bond acceptors (Lipinski definition) is 0. The van der Waals surface area contributed by atoms with E-state index in [-0.39, 0.29) is 0 Å². The fourth-order valence-corrected chi connectivity index (χ4v) is 1.27. The lowest BCUT2D eigenvalue weighted by molar-refractivity contribution is 0.536. The third-order valence-corrected chi connectivity index (χ3v) is 3.85. The average Bonchev–Trinajstić information content (AvgIpc) is 1.85. The topological polar surface area (TPSA) is 0 Å². The van der Waals surface area contributed by atoms with E-state index >= 15 is 0 Å². The zero-order chi connectivity index (χ0) is 9.83. The van der Waals surface area contributed by atoms with Gasteiger partial charge in [0.1, 0.15) is 0 Å². The third-order valence-electron chi connectivity index (χ3n) is 1.84. The van der Waals surface area contributed by atoms with Crippen molar-refractivity contribution < 1.29 is 0 Å². The highest BCUT2D eigenvalue weighted by Crippen LogP contribution is 2.45. The predicted molar refractivity (Wildman–Crippen MR) is 58.7 cm³/mol. The van der Waals surface area contributed by atoms with Gasteiger partial charge in [-0.2, -0.15) is 0 Å². The average molecular weight is 252 g/mol. The number of alkyl halides is 4. The minimum atomic E-state index is -1.37. The van der Waals surface area contributed by atoms with Crippen LogP contribution in [-0.4, -0.2) is 8.67 Å². The summed E-state index contributed by atoms with van der Waals surface area (Å²) in [6.45, 7) is 3.89. The summed E-state index contributed by atoms with van der Waals surface area (Å²) in [5.74, 6) is 0. The molecule has 0 N–H and O–H groups in total. The summed E-state index contributed by atoms with van der Waals surface area (Å²) < 4.78 is -1.37. The first kappa shape index (κ1) is 13.2. The summed E-state index contributed by atoms with van der Waals surface area (Å²) in [6, 6.07) is 0. The molecule has 0 bridgehead atoms. The first-order valence-corrected chi connectivity index (χ1v) is 5.58. The second-order valence-corrected chi connectivity index (χ2v) is 6.27. The number of halogens is 4. The molecule has 0 heterocycles. The predicted octanol–water partition coefficient (Wildman–Crippen LogP) is 4.93. The molecule has 12 heavy (non-hydrogen) atoms. The molecule has 0 saturated carbocycles. The zero-order valence-corrected chi connectivity index (χ0v) is 10.4. The Kier molecular flexibility index (Phi) is 5.64. The van der Waals surface area contributed by atoms with Crippen LogP contribution in [0.3, 0.4) is 0 Å². The van der Waals surface area contributed by atoms with Crippen LogP contribution in [0.15, 0.2) is 0 Å². The van der Waals surface area contributed by atoms with Gasteiger partial charge in [0.25, 0.3) is 0 Å². The highest BCUT2D eigenvalue weighted by atomic mass is 35.6. The normalized spacial score (nSPS) is 17.5. The first-order valence-electron chi connectivity index (χ1n) is 4.07. The van der Waals surface area contributed by atoms with E-state index in [0.717, 1.165) is 25.7 Å². The van der Waals surface area contributed by atoms with E-state index in [2.05, 4.69) is 6.92 Å². The largest absolute Gasteiger partial charge is 0.209 e. The molecule has 0 nitrogen and oxygen atoms in total. The van der Waals surface area contributed by atoms with Crippen LogP contribution in [0, 0.1) is 0 Å². The minimum Gasteiger partial charge on any atom is -0.115 e. The molecule has 0 saturated heterocycles. The second kappa shape index (κ2) is 5.14. The van der Waals surface area contributed by atoms with Crippen molar-refractivity contribution in [2.24, 2.45) is 0 Å². The van der Waals surface area contributed by atoms with Crippen LogP contribution >= 0.6 is 46.4 Å². The van der Waals surface area contributed by atoms with Gasteiger partial charge in [-0.3, -0.25) is 0 Å². The summed E-state index contributed by atoms with van der Waals surface area (Å²) >= 11 is 23.2. The Labute approximate surface area is 94.5 Å². The molecule has 0 aliphatic heterocycles. The van der Waals surface area contributed by atoms with Crippen LogP contribution in [0.5, 0.6) is 0 Å². The molecule has 0 amide bonds. The molecule has 0 aliphatic rings. The van der Waals surface area contributed by atoms with Crippen molar-refractivity contribution in [1.29, 1.82) is 0 Å². The van der Waals surface area contributed by atoms with Crippen LogP contribution in [-0.2, 0) is 0 Å². The van der Waals surface area contributed by atoms with Crippen LogP contribution in [0.4, 0.5) is 0 Å². The minimum absolute atomic E-state index is 0.735. The Morgan fingerprint density at radius 2 is 1.50 bits per heavy atom. The van der Waals surface area contributed by atoms with Crippen molar-refractivity contribution in [2.75, 3.05) is 0 Å². The van der Waals surface area contributed by atoms with Gasteiger partial charge in [-0.05, 0) is 13.3 Å². The van der Waals surface area contributed by atoms with Crippen molar-refractivity contribution in [2.45, 2.75) is 48.2 Å². The molecule has 0 aromatic heterocycles. The summed E-state index contributed by atoms with van der Waals surface area (Å²) in [7, 11) is 0. The lowest BCUT2D eigenvalue weighted by Crippen LogP contribution is -2.33. The van der Waals surface area contributed by atoms with Gasteiger partial charge in [0.05, 0.1) is 4.87 Å². The van der Waals surface area contributed by atoms with Crippen LogP contribution in [0.2, 0.25) is 0 Å². The van der Waals surface area contributed by atoms with Gasteiger partial charge < -0.3 is 0 Å². The Morgan fingerprint density at radius 3 is 1.83 bits per heavy atom. The van der Waals surface area contributed by atoms with Gasteiger partial charge in [0.15, 0.2) is 0 Å². The molecule has 0 radical (unpaired) electrons. The fourth-order valence-electron chi connectivity index (χ4n) is 0.849. The van der Waals surface area contributed by atoms with Crippen LogP contribution in [0.1, 0.15) is 39.5 Å². The van der Waals surface area contributed by atoms with Gasteiger partial charge in [-0.15, -0.1) is 11.6 Å². The van der Waals surface area contributed by atoms with E-state index in [1.807, 2.05) is 0 Å². The fraction of sp³-hybridized carbons (Fsp3) is 1.00. The lowest BCUT2D eigenvalue weighted by atomic mass is 10.0. The van der Waals surface area contributed by atoms with Gasteiger partial charge in [-0.25, -0.2) is 0 Å². The molecule has 0 spiro atoms. The Morgan fingerprint density at radius 1 is 1.00 bits per heavy atom. The quantitative estimate of drug-likeness (QED) is 0.491. The summed E-state index contributed by atoms with van der Waals surface area (Å²) in [5.41, 5.74) is 0. The molecular weight excluding hydrogens is 238 g/mol. The number of rotatable bonds is 4. The maximum atomic E-state index is 6.05. The van der Waals surface area contributed by atoms with Gasteiger partial charge in [0.2, 0.25) is 3.79 Å². The molecule has 0 rings (SSSR count). The third kappa shape index (κ3) is 4.41. The van der Waals surface area contributed by atoms with Crippen molar-refractivity contribution in [3.8, 4) is 0 Å². The SMILES string of the molecule is CCCCCC(C)(Cl)C(Cl)(Cl)Cl. The first-order chi connectivity index (χ1) is 5.31. The van der Waals surface area contributed by atoms with Gasteiger partial charge in [-0.1, -0.05) is 61.0 Å². The Hall–Kier alpha value is 1.16. The van der Waals surface area contributed by atoms with E-state index in [9.17, 15) is 0 Å². The van der Waals surface area contributed by atoms with Crippen molar-refractivity contribution in [3.05, 3.63) is 0 Å². The summed E-state index contributed by atoms with van der Waals surface area (Å²) in [4.78, 5) is -0.743. The molecule has 1 atom stereocenters. The van der Waals surface area contributed by atoms with E-state index < -0.39 is 8.67 Å². The molecule has 1 unspecified atom stereocenters. The van der Waals surface area contributed by atoms with E-state index in [0.29, 0.717) is 0 Å². The maximum Gasteiger partial charge on any atom is 0.209 e. The van der Waals surface area contributed by atoms with Crippen LogP contribution < -0.4 is 0 Å². The zero-order valence-electron chi connectivity index (χ0n) is 7.34. The number of hydrogen-bond donors (Lipinski definition) is 0. The molecule has 0 aliphatic carbocycles. The Bertz CT molecular complexity index is 126. The monoisotopic (exact) mass is 250 g/mol. The second-order valence-electron chi connectivity index (χ2n) is 3.15. The highest BCUT2D eigenvalue weighted by molar-refractivity contribution is 6.70. The number of unbranched alkanes of at least 4 members (excludes halogenated alkanes) is 2. The summed E-state index contributed by atoms with van der Waals surface area (Å²) in [6.07, 6.45) is 4.01. The standard InChI is InChI=1S/C8H14Cl4/c1-3-4-5-6-7(2,9)8(10,11)12/h3-6H2,1-2H3. The van der Waals surface area contributed by atoms with Crippen LogP contribution in [0.25, 0.3) is 0 Å². The van der Waals surface area contributed by atoms with Crippen molar-refractivity contribution in [1.82, 2.24) is 0 Å². The highest BCUT2D eigenvalue weighted by Gasteiger charge is 2.42. The molecule has 0 fully saturated rings. The smallest absolute Gasteiger partial charge is 0.115 e. The van der Waals surface area contributed by atoms with E-state index in [1.54, 1.807) is 6.92 Å². The molecule has 4 heteroatoms. The maximum absolute atomic E-state index is 6.05. The Balaban J connectivity index is 3.88.